The molecule has 20 heavy (non-hydrogen) atoms. The average molecular weight is 402 g/mol. The van der Waals surface area contributed by atoms with Crippen LogP contribution in [0.5, 0.6) is 5.75 Å². The lowest BCUT2D eigenvalue weighted by Crippen LogP contribution is -2.02. The quantitative estimate of drug-likeness (QED) is 0.367. The van der Waals surface area contributed by atoms with Gasteiger partial charge in [0.15, 0.2) is 11.2 Å². The predicted molar refractivity (Wildman–Crippen MR) is 83.9 cm³/mol. The van der Waals surface area contributed by atoms with Gasteiger partial charge in [0.05, 0.1) is 12.9 Å². The first-order valence-corrected chi connectivity index (χ1v) is 7.94. The number of hydrogen-bond donors (Lipinski definition) is 0. The van der Waals surface area contributed by atoms with E-state index in [0.717, 1.165) is 22.5 Å². The van der Waals surface area contributed by atoms with E-state index in [9.17, 15) is 4.79 Å². The molecule has 0 radical (unpaired) electrons. The number of hydrogen-bond acceptors (Lipinski definition) is 4. The van der Waals surface area contributed by atoms with Crippen molar-refractivity contribution in [2.75, 3.05) is 11.9 Å². The Kier molecular flexibility index (Phi) is 3.85. The largest absolute Gasteiger partial charge is 0.486 e. The van der Waals surface area contributed by atoms with E-state index in [2.05, 4.69) is 31.9 Å². The van der Waals surface area contributed by atoms with E-state index in [1.807, 2.05) is 12.1 Å². The number of alkyl halides is 1. The Bertz CT molecular complexity index is 819. The monoisotopic (exact) mass is 400 g/mol. The molecular formula is C14H10Br2O4. The fourth-order valence-electron chi connectivity index (χ4n) is 1.99. The molecule has 104 valence electrons. The molecule has 1 aromatic carbocycles. The fraction of sp³-hybridized carbons (Fsp3) is 0.214. The summed E-state index contributed by atoms with van der Waals surface area (Å²) in [5.41, 5.74) is 0.571. The molecular weight excluding hydrogens is 392 g/mol. The molecule has 0 N–H and O–H groups in total. The second-order valence-electron chi connectivity index (χ2n) is 4.24. The maximum absolute atomic E-state index is 11.7. The molecule has 0 bridgehead atoms. The summed E-state index contributed by atoms with van der Waals surface area (Å²) in [4.78, 5) is 11.7. The summed E-state index contributed by atoms with van der Waals surface area (Å²) in [5, 5.41) is 2.54. The molecule has 0 unspecified atom stereocenters. The molecule has 0 saturated carbocycles. The molecule has 0 atom stereocenters. The third-order valence-corrected chi connectivity index (χ3v) is 3.99. The summed E-state index contributed by atoms with van der Waals surface area (Å²) in [6.07, 6.45) is 2.44. The highest BCUT2D eigenvalue weighted by atomic mass is 79.9. The number of halogens is 2. The first-order valence-electron chi connectivity index (χ1n) is 6.03. The van der Waals surface area contributed by atoms with Crippen molar-refractivity contribution in [1.82, 2.24) is 0 Å². The standard InChI is InChI=1S/C14H10Br2O4/c15-3-1-4-18-13-11-8(2-5-19-11)6-9-7-10(16)14(17)20-12(9)13/h2,5-7H,1,3-4H2. The van der Waals surface area contributed by atoms with E-state index in [0.29, 0.717) is 28.0 Å². The zero-order chi connectivity index (χ0) is 14.1. The van der Waals surface area contributed by atoms with Crippen LogP contribution in [0.2, 0.25) is 0 Å². The Hall–Kier alpha value is -1.27. The summed E-state index contributed by atoms with van der Waals surface area (Å²) in [6.45, 7) is 0.514. The predicted octanol–water partition coefficient (Wildman–Crippen LogP) is 4.47. The van der Waals surface area contributed by atoms with E-state index in [1.165, 1.54) is 0 Å². The van der Waals surface area contributed by atoms with Crippen LogP contribution in [0.3, 0.4) is 0 Å². The molecule has 0 saturated heterocycles. The van der Waals surface area contributed by atoms with E-state index in [1.54, 1.807) is 12.3 Å². The molecule has 0 aliphatic rings. The minimum absolute atomic E-state index is 0.388. The molecule has 2 heterocycles. The SMILES string of the molecule is O=c1oc2c(OCCCBr)c3occc3cc2cc1Br. The van der Waals surface area contributed by atoms with Gasteiger partial charge in [0.1, 0.15) is 4.47 Å². The molecule has 0 amide bonds. The van der Waals surface area contributed by atoms with Gasteiger partial charge in [0.2, 0.25) is 5.75 Å². The minimum atomic E-state index is -0.436. The van der Waals surface area contributed by atoms with Crippen molar-refractivity contribution in [3.8, 4) is 5.75 Å². The maximum atomic E-state index is 11.7. The van der Waals surface area contributed by atoms with Gasteiger partial charge in [-0.2, -0.15) is 0 Å². The van der Waals surface area contributed by atoms with E-state index in [-0.39, 0.29) is 0 Å². The number of rotatable bonds is 4. The van der Waals surface area contributed by atoms with E-state index >= 15 is 0 Å². The van der Waals surface area contributed by atoms with E-state index in [4.69, 9.17) is 13.6 Å². The normalized spacial score (nSPS) is 11.3. The van der Waals surface area contributed by atoms with Gasteiger partial charge in [0, 0.05) is 16.1 Å². The average Bonchev–Trinajstić information content (AvgIpc) is 2.88. The van der Waals surface area contributed by atoms with Crippen LogP contribution in [-0.2, 0) is 0 Å². The maximum Gasteiger partial charge on any atom is 0.350 e. The third-order valence-electron chi connectivity index (χ3n) is 2.88. The first-order chi connectivity index (χ1) is 9.70. The Morgan fingerprint density at radius 1 is 1.20 bits per heavy atom. The van der Waals surface area contributed by atoms with Gasteiger partial charge >= 0.3 is 5.63 Å². The van der Waals surface area contributed by atoms with Gasteiger partial charge in [-0.1, -0.05) is 15.9 Å². The number of furan rings is 1. The van der Waals surface area contributed by atoms with Gasteiger partial charge in [-0.15, -0.1) is 0 Å². The molecule has 0 aliphatic heterocycles. The summed E-state index contributed by atoms with van der Waals surface area (Å²) >= 11 is 6.54. The highest BCUT2D eigenvalue weighted by molar-refractivity contribution is 9.10. The Morgan fingerprint density at radius 3 is 2.85 bits per heavy atom. The minimum Gasteiger partial charge on any atom is -0.486 e. The van der Waals surface area contributed by atoms with Crippen LogP contribution < -0.4 is 10.4 Å². The van der Waals surface area contributed by atoms with Crippen LogP contribution >= 0.6 is 31.9 Å². The van der Waals surface area contributed by atoms with Crippen molar-refractivity contribution in [3.63, 3.8) is 0 Å². The Balaban J connectivity index is 2.26. The van der Waals surface area contributed by atoms with Crippen LogP contribution in [0, 0.1) is 0 Å². The zero-order valence-corrected chi connectivity index (χ0v) is 13.5. The van der Waals surface area contributed by atoms with Gasteiger partial charge in [-0.25, -0.2) is 4.79 Å². The summed E-state index contributed by atoms with van der Waals surface area (Å²) in [7, 11) is 0. The van der Waals surface area contributed by atoms with Crippen molar-refractivity contribution in [1.29, 1.82) is 0 Å². The van der Waals surface area contributed by atoms with Gasteiger partial charge in [0.25, 0.3) is 0 Å². The highest BCUT2D eigenvalue weighted by Crippen LogP contribution is 2.35. The Labute approximate surface area is 130 Å². The molecule has 0 fully saturated rings. The van der Waals surface area contributed by atoms with Gasteiger partial charge in [-0.05, 0) is 40.5 Å². The van der Waals surface area contributed by atoms with Crippen molar-refractivity contribution >= 4 is 53.8 Å². The molecule has 0 spiro atoms. The van der Waals surface area contributed by atoms with Crippen LogP contribution in [0.15, 0.2) is 42.6 Å². The molecule has 6 heteroatoms. The molecule has 3 rings (SSSR count). The molecule has 3 aromatic rings. The molecule has 2 aromatic heterocycles. The second kappa shape index (κ2) is 5.61. The van der Waals surface area contributed by atoms with Crippen LogP contribution in [0.1, 0.15) is 6.42 Å². The third kappa shape index (κ3) is 2.38. The topological polar surface area (TPSA) is 52.6 Å². The number of ether oxygens (including phenoxy) is 1. The highest BCUT2D eigenvalue weighted by Gasteiger charge is 2.15. The van der Waals surface area contributed by atoms with Crippen molar-refractivity contribution in [2.24, 2.45) is 0 Å². The van der Waals surface area contributed by atoms with Crippen LogP contribution in [0.4, 0.5) is 0 Å². The number of benzene rings is 1. The van der Waals surface area contributed by atoms with Crippen LogP contribution in [0.25, 0.3) is 21.9 Å². The zero-order valence-electron chi connectivity index (χ0n) is 10.3. The molecule has 4 nitrogen and oxygen atoms in total. The summed E-state index contributed by atoms with van der Waals surface area (Å²) in [6, 6.07) is 5.48. The number of fused-ring (bicyclic) bond motifs is 2. The Morgan fingerprint density at radius 2 is 2.05 bits per heavy atom. The fourth-order valence-corrected chi connectivity index (χ4v) is 2.55. The van der Waals surface area contributed by atoms with Crippen molar-refractivity contribution < 1.29 is 13.6 Å². The smallest absolute Gasteiger partial charge is 0.350 e. The van der Waals surface area contributed by atoms with Gasteiger partial charge < -0.3 is 13.6 Å². The van der Waals surface area contributed by atoms with Crippen molar-refractivity contribution in [2.45, 2.75) is 6.42 Å². The summed E-state index contributed by atoms with van der Waals surface area (Å²) in [5.74, 6) is 0.480. The second-order valence-corrected chi connectivity index (χ2v) is 5.88. The van der Waals surface area contributed by atoms with Crippen LogP contribution in [-0.4, -0.2) is 11.9 Å². The lowest BCUT2D eigenvalue weighted by atomic mass is 10.1. The van der Waals surface area contributed by atoms with E-state index < -0.39 is 5.63 Å². The van der Waals surface area contributed by atoms with Gasteiger partial charge in [-0.3, -0.25) is 0 Å². The molecule has 0 aliphatic carbocycles. The lowest BCUT2D eigenvalue weighted by molar-refractivity contribution is 0.315. The first kappa shape index (κ1) is 13.7. The van der Waals surface area contributed by atoms with Crippen molar-refractivity contribution in [3.05, 3.63) is 39.4 Å². The summed E-state index contributed by atoms with van der Waals surface area (Å²) < 4.78 is 16.9. The lowest BCUT2D eigenvalue weighted by Gasteiger charge is -2.08.